The zero-order chi connectivity index (χ0) is 16.7. The number of fused-ring (bicyclic) bond motifs is 1. The minimum absolute atomic E-state index is 0.0475. The van der Waals surface area contributed by atoms with Crippen molar-refractivity contribution in [3.8, 4) is 0 Å². The first-order chi connectivity index (χ1) is 11.7. The van der Waals surface area contributed by atoms with E-state index in [1.165, 1.54) is 0 Å². The average molecular weight is 352 g/mol. The maximum Gasteiger partial charge on any atom is 0.230 e. The van der Waals surface area contributed by atoms with Gasteiger partial charge in [0.05, 0.1) is 31.1 Å². The molecule has 0 aliphatic carbocycles. The SMILES string of the molecule is CCOCCN1C[C@]23C=C[C@H](O2)[C@@H](C(=O)N2CCSCC2)[C@H]3C1=O. The zero-order valence-corrected chi connectivity index (χ0v) is 14.8. The third-order valence-electron chi connectivity index (χ3n) is 5.50. The van der Waals surface area contributed by atoms with Crippen LogP contribution in [0.5, 0.6) is 0 Å². The van der Waals surface area contributed by atoms with Crippen LogP contribution in [0.4, 0.5) is 0 Å². The van der Waals surface area contributed by atoms with Crippen molar-refractivity contribution in [3.63, 3.8) is 0 Å². The predicted molar refractivity (Wildman–Crippen MR) is 90.7 cm³/mol. The molecule has 2 amide bonds. The van der Waals surface area contributed by atoms with E-state index < -0.39 is 5.60 Å². The van der Waals surface area contributed by atoms with E-state index in [9.17, 15) is 9.59 Å². The number of carbonyl (C=O) groups is 2. The molecule has 4 aliphatic heterocycles. The van der Waals surface area contributed by atoms with Gasteiger partial charge in [0.1, 0.15) is 5.60 Å². The van der Waals surface area contributed by atoms with Crippen molar-refractivity contribution in [1.82, 2.24) is 9.80 Å². The Kier molecular flexibility index (Phi) is 4.34. The van der Waals surface area contributed by atoms with Crippen molar-refractivity contribution in [1.29, 1.82) is 0 Å². The molecule has 3 fully saturated rings. The lowest BCUT2D eigenvalue weighted by molar-refractivity contribution is -0.143. The quantitative estimate of drug-likeness (QED) is 0.529. The fourth-order valence-corrected chi connectivity index (χ4v) is 5.27. The molecule has 4 heterocycles. The lowest BCUT2D eigenvalue weighted by Gasteiger charge is -2.32. The fourth-order valence-electron chi connectivity index (χ4n) is 4.36. The van der Waals surface area contributed by atoms with Crippen molar-refractivity contribution in [2.24, 2.45) is 11.8 Å². The molecule has 7 heteroatoms. The number of hydrogen-bond acceptors (Lipinski definition) is 5. The molecule has 0 aromatic heterocycles. The molecule has 3 saturated heterocycles. The monoisotopic (exact) mass is 352 g/mol. The van der Waals surface area contributed by atoms with Crippen molar-refractivity contribution in [2.75, 3.05) is 50.9 Å². The molecule has 24 heavy (non-hydrogen) atoms. The summed E-state index contributed by atoms with van der Waals surface area (Å²) < 4.78 is 11.5. The smallest absolute Gasteiger partial charge is 0.230 e. The van der Waals surface area contributed by atoms with Crippen LogP contribution in [0.2, 0.25) is 0 Å². The lowest BCUT2D eigenvalue weighted by Crippen LogP contribution is -2.48. The molecular formula is C17H24N2O4S. The van der Waals surface area contributed by atoms with E-state index in [-0.39, 0.29) is 29.8 Å². The Morgan fingerprint density at radius 3 is 3.00 bits per heavy atom. The van der Waals surface area contributed by atoms with E-state index in [1.807, 2.05) is 35.7 Å². The van der Waals surface area contributed by atoms with E-state index in [0.29, 0.717) is 26.3 Å². The van der Waals surface area contributed by atoms with E-state index in [1.54, 1.807) is 4.90 Å². The second-order valence-corrected chi connectivity index (χ2v) is 8.02. The number of carbonyl (C=O) groups excluding carboxylic acids is 2. The first-order valence-electron chi connectivity index (χ1n) is 8.76. The molecule has 0 aromatic carbocycles. The summed E-state index contributed by atoms with van der Waals surface area (Å²) in [6, 6.07) is 0. The molecule has 132 valence electrons. The van der Waals surface area contributed by atoms with Gasteiger partial charge in [-0.3, -0.25) is 9.59 Å². The zero-order valence-electron chi connectivity index (χ0n) is 14.0. The van der Waals surface area contributed by atoms with E-state index in [2.05, 4.69) is 0 Å². The van der Waals surface area contributed by atoms with Gasteiger partial charge in [-0.25, -0.2) is 0 Å². The first-order valence-corrected chi connectivity index (χ1v) is 9.92. The number of ether oxygens (including phenoxy) is 2. The highest BCUT2D eigenvalue weighted by Gasteiger charge is 2.67. The molecule has 0 N–H and O–H groups in total. The van der Waals surface area contributed by atoms with Crippen LogP contribution in [0.3, 0.4) is 0 Å². The summed E-state index contributed by atoms with van der Waals surface area (Å²) in [7, 11) is 0. The summed E-state index contributed by atoms with van der Waals surface area (Å²) >= 11 is 1.88. The minimum Gasteiger partial charge on any atom is -0.380 e. The lowest BCUT2D eigenvalue weighted by atomic mass is 9.76. The largest absolute Gasteiger partial charge is 0.380 e. The number of nitrogens with zero attached hydrogens (tertiary/aromatic N) is 2. The Labute approximate surface area is 146 Å². The predicted octanol–water partition coefficient (Wildman–Crippen LogP) is 0.380. The van der Waals surface area contributed by atoms with E-state index >= 15 is 0 Å². The normalized spacial score (nSPS) is 37.4. The van der Waals surface area contributed by atoms with Crippen LogP contribution < -0.4 is 0 Å². The van der Waals surface area contributed by atoms with Gasteiger partial charge in [-0.15, -0.1) is 0 Å². The third-order valence-corrected chi connectivity index (χ3v) is 6.44. The number of hydrogen-bond donors (Lipinski definition) is 0. The number of likely N-dealkylation sites (tertiary alicyclic amines) is 1. The number of thioether (sulfide) groups is 1. The van der Waals surface area contributed by atoms with Gasteiger partial charge >= 0.3 is 0 Å². The third kappa shape index (κ3) is 2.48. The second-order valence-electron chi connectivity index (χ2n) is 6.79. The summed E-state index contributed by atoms with van der Waals surface area (Å²) in [5, 5.41) is 0. The van der Waals surface area contributed by atoms with Gasteiger partial charge in [-0.1, -0.05) is 12.2 Å². The van der Waals surface area contributed by atoms with Crippen molar-refractivity contribution >= 4 is 23.6 Å². The van der Waals surface area contributed by atoms with E-state index in [0.717, 1.165) is 24.6 Å². The molecule has 0 aromatic rings. The Hall–Kier alpha value is -1.05. The van der Waals surface area contributed by atoms with Crippen molar-refractivity contribution < 1.29 is 19.1 Å². The van der Waals surface area contributed by atoms with Crippen LogP contribution in [0.25, 0.3) is 0 Å². The average Bonchev–Trinajstić information content (AvgIpc) is 3.24. The van der Waals surface area contributed by atoms with Gasteiger partial charge in [-0.2, -0.15) is 11.8 Å². The molecule has 0 radical (unpaired) electrons. The van der Waals surface area contributed by atoms with Gasteiger partial charge in [-0.05, 0) is 6.92 Å². The molecule has 4 aliphatic rings. The Balaban J connectivity index is 1.52. The maximum absolute atomic E-state index is 13.0. The molecular weight excluding hydrogens is 328 g/mol. The molecule has 4 atom stereocenters. The molecule has 1 spiro atoms. The van der Waals surface area contributed by atoms with Crippen molar-refractivity contribution in [3.05, 3.63) is 12.2 Å². The maximum atomic E-state index is 13.0. The fraction of sp³-hybridized carbons (Fsp3) is 0.765. The van der Waals surface area contributed by atoms with Gasteiger partial charge in [0.25, 0.3) is 0 Å². The van der Waals surface area contributed by atoms with Crippen LogP contribution in [0.1, 0.15) is 6.92 Å². The molecule has 0 unspecified atom stereocenters. The van der Waals surface area contributed by atoms with E-state index in [4.69, 9.17) is 9.47 Å². The molecule has 6 nitrogen and oxygen atoms in total. The van der Waals surface area contributed by atoms with Gasteiger partial charge < -0.3 is 19.3 Å². The molecule has 2 bridgehead atoms. The summed E-state index contributed by atoms with van der Waals surface area (Å²) in [4.78, 5) is 29.7. The van der Waals surface area contributed by atoms with Gasteiger partial charge in [0.15, 0.2) is 0 Å². The summed E-state index contributed by atoms with van der Waals surface area (Å²) in [5.74, 6) is 1.37. The van der Waals surface area contributed by atoms with Gasteiger partial charge in [0.2, 0.25) is 11.8 Å². The first kappa shape index (κ1) is 16.4. The minimum atomic E-state index is -0.598. The standard InChI is InChI=1S/C17H24N2O4S/c1-2-22-8-5-19-11-17-4-3-12(23-17)13(14(17)16(19)21)15(20)18-6-9-24-10-7-18/h3-4,12-14H,2,5-11H2,1H3/t12-,13+,14-,17-/m0/s1. The second kappa shape index (κ2) is 6.35. The topological polar surface area (TPSA) is 59.1 Å². The van der Waals surface area contributed by atoms with Crippen LogP contribution in [0.15, 0.2) is 12.2 Å². The Morgan fingerprint density at radius 2 is 2.25 bits per heavy atom. The highest BCUT2D eigenvalue weighted by molar-refractivity contribution is 7.99. The summed E-state index contributed by atoms with van der Waals surface area (Å²) in [6.07, 6.45) is 3.75. The Bertz CT molecular complexity index is 563. The highest BCUT2D eigenvalue weighted by Crippen LogP contribution is 2.52. The van der Waals surface area contributed by atoms with Gasteiger partial charge in [0, 0.05) is 37.7 Å². The van der Waals surface area contributed by atoms with Crippen LogP contribution in [-0.4, -0.2) is 84.2 Å². The Morgan fingerprint density at radius 1 is 1.46 bits per heavy atom. The summed E-state index contributed by atoms with van der Waals surface area (Å²) in [6.45, 7) is 5.77. The van der Waals surface area contributed by atoms with Crippen LogP contribution >= 0.6 is 11.8 Å². The summed E-state index contributed by atoms with van der Waals surface area (Å²) in [5.41, 5.74) is -0.598. The van der Waals surface area contributed by atoms with Crippen LogP contribution in [-0.2, 0) is 19.1 Å². The van der Waals surface area contributed by atoms with Crippen molar-refractivity contribution in [2.45, 2.75) is 18.6 Å². The van der Waals surface area contributed by atoms with Crippen LogP contribution in [0, 0.1) is 11.8 Å². The number of amides is 2. The highest BCUT2D eigenvalue weighted by atomic mass is 32.2. The number of rotatable bonds is 5. The molecule has 0 saturated carbocycles. The molecule has 4 rings (SSSR count).